The van der Waals surface area contributed by atoms with Crippen molar-refractivity contribution in [3.8, 4) is 0 Å². The summed E-state index contributed by atoms with van der Waals surface area (Å²) in [5, 5.41) is 11.4. The molecule has 0 aliphatic carbocycles. The van der Waals surface area contributed by atoms with E-state index in [0.29, 0.717) is 5.01 Å². The number of benzene rings is 1. The van der Waals surface area contributed by atoms with Gasteiger partial charge >= 0.3 is 5.97 Å². The van der Waals surface area contributed by atoms with Crippen LogP contribution >= 0.6 is 11.3 Å². The molecule has 1 aromatic heterocycles. The number of carbonyl (C=O) groups excluding carboxylic acids is 1. The first-order chi connectivity index (χ1) is 10.3. The largest absolute Gasteiger partial charge is 0.479 e. The first kappa shape index (κ1) is 16.0. The van der Waals surface area contributed by atoms with Gasteiger partial charge in [0.2, 0.25) is 0 Å². The molecule has 0 spiro atoms. The van der Waals surface area contributed by atoms with Crippen LogP contribution in [0.15, 0.2) is 23.6 Å². The van der Waals surface area contributed by atoms with E-state index in [1.807, 2.05) is 0 Å². The number of rotatable bonds is 4. The third-order valence-electron chi connectivity index (χ3n) is 3.03. The molecule has 0 fully saturated rings. The average molecular weight is 326 g/mol. The molecule has 116 valence electrons. The van der Waals surface area contributed by atoms with Crippen molar-refractivity contribution in [1.29, 1.82) is 0 Å². The van der Waals surface area contributed by atoms with Crippen LogP contribution in [-0.2, 0) is 4.79 Å². The molecule has 1 atom stereocenters. The Morgan fingerprint density at radius 2 is 2.05 bits per heavy atom. The highest BCUT2D eigenvalue weighted by atomic mass is 32.1. The Morgan fingerprint density at radius 3 is 2.59 bits per heavy atom. The fourth-order valence-electron chi connectivity index (χ4n) is 1.99. The Labute approximate surface area is 128 Å². The molecule has 1 aromatic carbocycles. The highest BCUT2D eigenvalue weighted by Crippen LogP contribution is 2.25. The van der Waals surface area contributed by atoms with Crippen molar-refractivity contribution in [1.82, 2.24) is 9.88 Å². The number of carboxylic acid groups (broad SMARTS) is 1. The molecule has 22 heavy (non-hydrogen) atoms. The van der Waals surface area contributed by atoms with E-state index in [1.165, 1.54) is 23.8 Å². The lowest BCUT2D eigenvalue weighted by Crippen LogP contribution is -2.36. The van der Waals surface area contributed by atoms with Gasteiger partial charge in [-0.2, -0.15) is 0 Å². The summed E-state index contributed by atoms with van der Waals surface area (Å²) in [5.41, 5.74) is -0.358. The fraction of sp³-hybridized carbons (Fsp3) is 0.214. The van der Waals surface area contributed by atoms with Crippen molar-refractivity contribution in [3.63, 3.8) is 0 Å². The third kappa shape index (κ3) is 3.11. The number of aryl methyl sites for hydroxylation is 1. The van der Waals surface area contributed by atoms with Crippen LogP contribution in [0.3, 0.4) is 0 Å². The van der Waals surface area contributed by atoms with Crippen LogP contribution in [0.5, 0.6) is 0 Å². The van der Waals surface area contributed by atoms with Gasteiger partial charge in [0.25, 0.3) is 5.91 Å². The molecule has 0 aliphatic heterocycles. The number of carbonyl (C=O) groups is 2. The van der Waals surface area contributed by atoms with E-state index in [4.69, 9.17) is 0 Å². The molecule has 1 amide bonds. The number of amides is 1. The number of aromatic nitrogens is 1. The van der Waals surface area contributed by atoms with Gasteiger partial charge in [-0.15, -0.1) is 11.3 Å². The SMILES string of the molecule is Cc1nc(C(=O)N(C)[C@H](C(=O)O)c2cc(F)ccc2F)cs1. The number of hydrogen-bond acceptors (Lipinski definition) is 4. The third-order valence-corrected chi connectivity index (χ3v) is 3.81. The van der Waals surface area contributed by atoms with E-state index in [2.05, 4.69) is 4.98 Å². The Balaban J connectivity index is 2.41. The molecule has 2 rings (SSSR count). The number of aliphatic carboxylic acids is 1. The number of carboxylic acids is 1. The second-order valence-electron chi connectivity index (χ2n) is 4.57. The predicted molar refractivity (Wildman–Crippen MR) is 75.7 cm³/mol. The maximum atomic E-state index is 13.8. The molecule has 1 heterocycles. The van der Waals surface area contributed by atoms with Gasteiger partial charge in [-0.05, 0) is 25.1 Å². The summed E-state index contributed by atoms with van der Waals surface area (Å²) in [7, 11) is 1.21. The zero-order valence-electron chi connectivity index (χ0n) is 11.7. The number of nitrogens with zero attached hydrogens (tertiary/aromatic N) is 2. The van der Waals surface area contributed by atoms with Gasteiger partial charge in [-0.3, -0.25) is 4.79 Å². The zero-order valence-corrected chi connectivity index (χ0v) is 12.5. The molecule has 0 unspecified atom stereocenters. The van der Waals surface area contributed by atoms with Crippen molar-refractivity contribution in [2.45, 2.75) is 13.0 Å². The normalized spacial score (nSPS) is 12.0. The summed E-state index contributed by atoms with van der Waals surface area (Å²) < 4.78 is 27.1. The minimum atomic E-state index is -1.65. The Hall–Kier alpha value is -2.35. The highest BCUT2D eigenvalue weighted by molar-refractivity contribution is 7.09. The van der Waals surface area contributed by atoms with Gasteiger partial charge in [-0.1, -0.05) is 0 Å². The quantitative estimate of drug-likeness (QED) is 0.937. The van der Waals surface area contributed by atoms with E-state index in [-0.39, 0.29) is 5.69 Å². The Kier molecular flexibility index (Phi) is 4.51. The van der Waals surface area contributed by atoms with Crippen LogP contribution in [0.25, 0.3) is 0 Å². The highest BCUT2D eigenvalue weighted by Gasteiger charge is 2.32. The van der Waals surface area contributed by atoms with Crippen molar-refractivity contribution in [3.05, 3.63) is 51.5 Å². The summed E-state index contributed by atoms with van der Waals surface area (Å²) >= 11 is 1.23. The minimum Gasteiger partial charge on any atom is -0.479 e. The van der Waals surface area contributed by atoms with Gasteiger partial charge in [0.15, 0.2) is 6.04 Å². The van der Waals surface area contributed by atoms with Gasteiger partial charge < -0.3 is 10.0 Å². The van der Waals surface area contributed by atoms with Crippen LogP contribution in [0.1, 0.15) is 27.1 Å². The maximum absolute atomic E-state index is 13.8. The first-order valence-corrected chi connectivity index (χ1v) is 7.06. The average Bonchev–Trinajstić information content (AvgIpc) is 2.88. The molecule has 2 aromatic rings. The van der Waals surface area contributed by atoms with E-state index in [0.717, 1.165) is 23.1 Å². The minimum absolute atomic E-state index is 0.0630. The molecule has 0 bridgehead atoms. The summed E-state index contributed by atoms with van der Waals surface area (Å²) in [6.45, 7) is 1.70. The summed E-state index contributed by atoms with van der Waals surface area (Å²) in [4.78, 5) is 28.5. The molecule has 0 aliphatic rings. The van der Waals surface area contributed by atoms with Crippen molar-refractivity contribution < 1.29 is 23.5 Å². The molecule has 5 nitrogen and oxygen atoms in total. The second-order valence-corrected chi connectivity index (χ2v) is 5.64. The zero-order chi connectivity index (χ0) is 16.4. The summed E-state index contributed by atoms with van der Waals surface area (Å²) in [6, 6.07) is 0.824. The second kappa shape index (κ2) is 6.18. The number of likely N-dealkylation sites (N-methyl/N-ethyl adjacent to an activating group) is 1. The smallest absolute Gasteiger partial charge is 0.331 e. The number of halogens is 2. The molecule has 0 saturated carbocycles. The van der Waals surface area contributed by atoms with Gasteiger partial charge in [0, 0.05) is 18.0 Å². The van der Waals surface area contributed by atoms with Crippen LogP contribution < -0.4 is 0 Å². The van der Waals surface area contributed by atoms with E-state index in [9.17, 15) is 23.5 Å². The van der Waals surface area contributed by atoms with E-state index in [1.54, 1.807) is 6.92 Å². The molecular weight excluding hydrogens is 314 g/mol. The van der Waals surface area contributed by atoms with E-state index >= 15 is 0 Å². The standard InChI is InChI=1S/C14H12F2N2O3S/c1-7-17-11(6-22-7)13(19)18(2)12(14(20)21)9-5-8(15)3-4-10(9)16/h3-6,12H,1-2H3,(H,20,21)/t12-/m0/s1. The predicted octanol–water partition coefficient (Wildman–Crippen LogP) is 2.63. The topological polar surface area (TPSA) is 70.5 Å². The number of thiazole rings is 1. The Morgan fingerprint density at radius 1 is 1.36 bits per heavy atom. The summed E-state index contributed by atoms with van der Waals surface area (Å²) in [5.74, 6) is -3.83. The molecular formula is C14H12F2N2O3S. The van der Waals surface area contributed by atoms with Crippen molar-refractivity contribution in [2.75, 3.05) is 7.05 Å². The lowest BCUT2D eigenvalue weighted by Gasteiger charge is -2.24. The molecule has 1 N–H and O–H groups in total. The van der Waals surface area contributed by atoms with E-state index < -0.39 is 35.1 Å². The van der Waals surface area contributed by atoms with Crippen molar-refractivity contribution >= 4 is 23.2 Å². The lowest BCUT2D eigenvalue weighted by molar-refractivity contribution is -0.142. The summed E-state index contributed by atoms with van der Waals surface area (Å²) in [6.07, 6.45) is 0. The van der Waals surface area contributed by atoms with Crippen LogP contribution in [0.2, 0.25) is 0 Å². The molecule has 0 saturated heterocycles. The maximum Gasteiger partial charge on any atom is 0.331 e. The monoisotopic (exact) mass is 326 g/mol. The molecule has 0 radical (unpaired) electrons. The van der Waals surface area contributed by atoms with Crippen LogP contribution in [-0.4, -0.2) is 33.9 Å². The van der Waals surface area contributed by atoms with Gasteiger partial charge in [-0.25, -0.2) is 18.6 Å². The number of hydrogen-bond donors (Lipinski definition) is 1. The fourth-order valence-corrected chi connectivity index (χ4v) is 2.58. The Bertz CT molecular complexity index is 733. The van der Waals surface area contributed by atoms with Crippen LogP contribution in [0, 0.1) is 18.6 Å². The first-order valence-electron chi connectivity index (χ1n) is 6.18. The van der Waals surface area contributed by atoms with Crippen LogP contribution in [0.4, 0.5) is 8.78 Å². The van der Waals surface area contributed by atoms with Crippen molar-refractivity contribution in [2.24, 2.45) is 0 Å². The lowest BCUT2D eigenvalue weighted by atomic mass is 10.0. The van der Waals surface area contributed by atoms with Gasteiger partial charge in [0.05, 0.1) is 5.01 Å². The van der Waals surface area contributed by atoms with Gasteiger partial charge in [0.1, 0.15) is 17.3 Å². The molecule has 8 heteroatoms.